The van der Waals surface area contributed by atoms with Gasteiger partial charge in [-0.1, -0.05) is 0 Å². The molecule has 1 aromatic heterocycles. The molecule has 1 N–H and O–H groups in total. The van der Waals surface area contributed by atoms with Gasteiger partial charge in [0.2, 0.25) is 5.91 Å². The summed E-state index contributed by atoms with van der Waals surface area (Å²) >= 11 is 0. The van der Waals surface area contributed by atoms with Gasteiger partial charge in [-0.3, -0.25) is 9.59 Å². The standard InChI is InChI=1S/C23H25N3O5/c1-5-31-17-8-6-16(7-9-17)19-12-13-22(27)26(25-19)15(2)23(28)24-20-11-10-18(29-3)14-21(20)30-4/h6-15H,5H2,1-4H3,(H,24,28). The van der Waals surface area contributed by atoms with E-state index in [1.807, 2.05) is 31.2 Å². The highest BCUT2D eigenvalue weighted by Gasteiger charge is 2.20. The second-order valence-electron chi connectivity index (χ2n) is 6.69. The number of hydrogen-bond acceptors (Lipinski definition) is 6. The Balaban J connectivity index is 1.84. The molecule has 0 fully saturated rings. The molecule has 2 aromatic carbocycles. The predicted octanol–water partition coefficient (Wildman–Crippen LogP) is 3.53. The van der Waals surface area contributed by atoms with Gasteiger partial charge >= 0.3 is 0 Å². The first-order valence-electron chi connectivity index (χ1n) is 9.82. The number of hydrogen-bond donors (Lipinski definition) is 1. The number of carbonyl (C=O) groups excluding carboxylic acids is 1. The summed E-state index contributed by atoms with van der Waals surface area (Å²) in [6, 6.07) is 14.6. The van der Waals surface area contributed by atoms with Crippen molar-refractivity contribution in [3.8, 4) is 28.5 Å². The minimum absolute atomic E-state index is 0.376. The largest absolute Gasteiger partial charge is 0.497 e. The highest BCUT2D eigenvalue weighted by atomic mass is 16.5. The summed E-state index contributed by atoms with van der Waals surface area (Å²) in [5, 5.41) is 7.19. The van der Waals surface area contributed by atoms with E-state index in [-0.39, 0.29) is 5.56 Å². The van der Waals surface area contributed by atoms with Crippen molar-refractivity contribution in [1.29, 1.82) is 0 Å². The van der Waals surface area contributed by atoms with E-state index in [4.69, 9.17) is 14.2 Å². The van der Waals surface area contributed by atoms with Crippen LogP contribution in [-0.2, 0) is 4.79 Å². The highest BCUT2D eigenvalue weighted by Crippen LogP contribution is 2.29. The molecule has 0 aliphatic heterocycles. The Morgan fingerprint density at radius 1 is 1.03 bits per heavy atom. The Hall–Kier alpha value is -3.81. The third kappa shape index (κ3) is 5.03. The number of anilines is 1. The molecule has 0 saturated carbocycles. The number of rotatable bonds is 8. The minimum Gasteiger partial charge on any atom is -0.497 e. The molecule has 8 nitrogen and oxygen atoms in total. The SMILES string of the molecule is CCOc1ccc(-c2ccc(=O)n(C(C)C(=O)Nc3ccc(OC)cc3OC)n2)cc1. The van der Waals surface area contributed by atoms with Crippen LogP contribution in [0.1, 0.15) is 19.9 Å². The van der Waals surface area contributed by atoms with E-state index in [9.17, 15) is 9.59 Å². The molecule has 0 aliphatic rings. The fourth-order valence-corrected chi connectivity index (χ4v) is 3.00. The van der Waals surface area contributed by atoms with Gasteiger partial charge in [-0.2, -0.15) is 5.10 Å². The molecule has 0 radical (unpaired) electrons. The molecule has 1 amide bonds. The molecule has 0 aliphatic carbocycles. The van der Waals surface area contributed by atoms with Crippen LogP contribution in [0.15, 0.2) is 59.4 Å². The number of carbonyl (C=O) groups is 1. The Kier molecular flexibility index (Phi) is 6.92. The lowest BCUT2D eigenvalue weighted by molar-refractivity contribution is -0.119. The summed E-state index contributed by atoms with van der Waals surface area (Å²) in [5.74, 6) is 1.40. The number of ether oxygens (including phenoxy) is 3. The Labute approximate surface area is 180 Å². The number of aromatic nitrogens is 2. The van der Waals surface area contributed by atoms with Crippen molar-refractivity contribution in [3.63, 3.8) is 0 Å². The molecule has 1 atom stereocenters. The van der Waals surface area contributed by atoms with Gasteiger partial charge in [-0.15, -0.1) is 0 Å². The van der Waals surface area contributed by atoms with Gasteiger partial charge < -0.3 is 19.5 Å². The Morgan fingerprint density at radius 2 is 1.74 bits per heavy atom. The number of amides is 1. The number of methoxy groups -OCH3 is 2. The van der Waals surface area contributed by atoms with Crippen molar-refractivity contribution in [2.75, 3.05) is 26.1 Å². The van der Waals surface area contributed by atoms with Crippen LogP contribution in [0.3, 0.4) is 0 Å². The van der Waals surface area contributed by atoms with Gasteiger partial charge in [-0.25, -0.2) is 4.68 Å². The second kappa shape index (κ2) is 9.80. The van der Waals surface area contributed by atoms with Crippen molar-refractivity contribution in [2.45, 2.75) is 19.9 Å². The Bertz CT molecular complexity index is 1110. The number of nitrogens with one attached hydrogen (secondary N) is 1. The first-order chi connectivity index (χ1) is 15.0. The summed E-state index contributed by atoms with van der Waals surface area (Å²) in [6.07, 6.45) is 0. The minimum atomic E-state index is -0.845. The molecule has 0 bridgehead atoms. The summed E-state index contributed by atoms with van der Waals surface area (Å²) < 4.78 is 17.1. The van der Waals surface area contributed by atoms with E-state index < -0.39 is 11.9 Å². The molecule has 0 spiro atoms. The molecule has 0 saturated heterocycles. The fraction of sp³-hybridized carbons (Fsp3) is 0.261. The monoisotopic (exact) mass is 423 g/mol. The van der Waals surface area contributed by atoms with E-state index in [0.29, 0.717) is 29.5 Å². The lowest BCUT2D eigenvalue weighted by Crippen LogP contribution is -2.33. The molecule has 162 valence electrons. The van der Waals surface area contributed by atoms with Crippen LogP contribution in [0, 0.1) is 0 Å². The van der Waals surface area contributed by atoms with Gasteiger partial charge in [0.1, 0.15) is 23.3 Å². The maximum absolute atomic E-state index is 12.8. The maximum Gasteiger partial charge on any atom is 0.267 e. The second-order valence-corrected chi connectivity index (χ2v) is 6.69. The molecule has 31 heavy (non-hydrogen) atoms. The normalized spacial score (nSPS) is 11.5. The topological polar surface area (TPSA) is 91.7 Å². The first-order valence-corrected chi connectivity index (χ1v) is 9.82. The van der Waals surface area contributed by atoms with Crippen LogP contribution in [-0.4, -0.2) is 36.5 Å². The van der Waals surface area contributed by atoms with Crippen molar-refractivity contribution in [2.24, 2.45) is 0 Å². The van der Waals surface area contributed by atoms with Crippen molar-refractivity contribution >= 4 is 11.6 Å². The van der Waals surface area contributed by atoms with Crippen molar-refractivity contribution in [3.05, 3.63) is 65.0 Å². The van der Waals surface area contributed by atoms with Gasteiger partial charge in [0.05, 0.1) is 32.2 Å². The molecule has 3 rings (SSSR count). The zero-order valence-corrected chi connectivity index (χ0v) is 17.9. The predicted molar refractivity (Wildman–Crippen MR) is 118 cm³/mol. The van der Waals surface area contributed by atoms with E-state index in [0.717, 1.165) is 16.0 Å². The van der Waals surface area contributed by atoms with E-state index >= 15 is 0 Å². The lowest BCUT2D eigenvalue weighted by Gasteiger charge is -2.17. The summed E-state index contributed by atoms with van der Waals surface area (Å²) in [5.41, 5.74) is 1.47. The van der Waals surface area contributed by atoms with Gasteiger partial charge in [0.15, 0.2) is 0 Å². The first kappa shape index (κ1) is 21.9. The van der Waals surface area contributed by atoms with E-state index in [2.05, 4.69) is 10.4 Å². The summed E-state index contributed by atoms with van der Waals surface area (Å²) in [4.78, 5) is 25.2. The zero-order valence-electron chi connectivity index (χ0n) is 17.9. The van der Waals surface area contributed by atoms with Gasteiger partial charge in [-0.05, 0) is 56.3 Å². The van der Waals surface area contributed by atoms with Crippen LogP contribution in [0.25, 0.3) is 11.3 Å². The third-order valence-corrected chi connectivity index (χ3v) is 4.70. The molecule has 8 heteroatoms. The smallest absolute Gasteiger partial charge is 0.267 e. The van der Waals surface area contributed by atoms with Crippen LogP contribution in [0.4, 0.5) is 5.69 Å². The summed E-state index contributed by atoms with van der Waals surface area (Å²) in [7, 11) is 3.05. The molecule has 3 aromatic rings. The van der Waals surface area contributed by atoms with Crippen LogP contribution in [0.2, 0.25) is 0 Å². The quantitative estimate of drug-likeness (QED) is 0.596. The van der Waals surface area contributed by atoms with Gasteiger partial charge in [0.25, 0.3) is 5.56 Å². The molecular formula is C23H25N3O5. The fourth-order valence-electron chi connectivity index (χ4n) is 3.00. The number of benzene rings is 2. The summed E-state index contributed by atoms with van der Waals surface area (Å²) in [6.45, 7) is 4.11. The molecule has 1 unspecified atom stereocenters. The molecule has 1 heterocycles. The van der Waals surface area contributed by atoms with Crippen LogP contribution < -0.4 is 25.1 Å². The average molecular weight is 423 g/mol. The average Bonchev–Trinajstić information content (AvgIpc) is 2.80. The molecular weight excluding hydrogens is 398 g/mol. The lowest BCUT2D eigenvalue weighted by atomic mass is 10.1. The van der Waals surface area contributed by atoms with Gasteiger partial charge in [0, 0.05) is 17.7 Å². The van der Waals surface area contributed by atoms with E-state index in [1.165, 1.54) is 13.2 Å². The van der Waals surface area contributed by atoms with Crippen molar-refractivity contribution in [1.82, 2.24) is 9.78 Å². The Morgan fingerprint density at radius 3 is 2.39 bits per heavy atom. The third-order valence-electron chi connectivity index (χ3n) is 4.70. The van der Waals surface area contributed by atoms with Crippen molar-refractivity contribution < 1.29 is 19.0 Å². The maximum atomic E-state index is 12.8. The van der Waals surface area contributed by atoms with Crippen LogP contribution in [0.5, 0.6) is 17.2 Å². The highest BCUT2D eigenvalue weighted by molar-refractivity contribution is 5.94. The zero-order chi connectivity index (χ0) is 22.4. The van der Waals surface area contributed by atoms with Crippen LogP contribution >= 0.6 is 0 Å². The number of nitrogens with zero attached hydrogens (tertiary/aromatic N) is 2. The van der Waals surface area contributed by atoms with E-state index in [1.54, 1.807) is 38.3 Å².